The molecule has 2 nitrogen and oxygen atoms in total. The Labute approximate surface area is 110 Å². The lowest BCUT2D eigenvalue weighted by Gasteiger charge is -2.05. The summed E-state index contributed by atoms with van der Waals surface area (Å²) in [5, 5.41) is 0. The van der Waals surface area contributed by atoms with E-state index in [1.54, 1.807) is 0 Å². The van der Waals surface area contributed by atoms with Crippen LogP contribution in [-0.4, -0.2) is 11.6 Å². The first-order valence-corrected chi connectivity index (χ1v) is 6.33. The van der Waals surface area contributed by atoms with Gasteiger partial charge in [0.1, 0.15) is 5.75 Å². The van der Waals surface area contributed by atoms with Crippen LogP contribution in [0.1, 0.15) is 12.0 Å². The number of benzene rings is 1. The van der Waals surface area contributed by atoms with Crippen molar-refractivity contribution in [3.8, 4) is 5.75 Å². The smallest absolute Gasteiger partial charge is 0.127 e. The SMILES string of the molecule is Brc1c[c]c(OCCCc2ccncc2)cc1. The van der Waals surface area contributed by atoms with Crippen LogP contribution < -0.4 is 4.74 Å². The van der Waals surface area contributed by atoms with Gasteiger partial charge in [0.2, 0.25) is 0 Å². The highest BCUT2D eigenvalue weighted by molar-refractivity contribution is 9.10. The van der Waals surface area contributed by atoms with Crippen LogP contribution in [0.5, 0.6) is 5.75 Å². The molecule has 0 aliphatic heterocycles. The molecular formula is C14H13BrNO. The van der Waals surface area contributed by atoms with E-state index >= 15 is 0 Å². The Morgan fingerprint density at radius 3 is 2.71 bits per heavy atom. The Balaban J connectivity index is 1.71. The van der Waals surface area contributed by atoms with E-state index in [0.29, 0.717) is 6.61 Å². The fraction of sp³-hybridized carbons (Fsp3) is 0.214. The van der Waals surface area contributed by atoms with E-state index in [1.165, 1.54) is 5.56 Å². The van der Waals surface area contributed by atoms with Gasteiger partial charge in [0.15, 0.2) is 0 Å². The summed E-state index contributed by atoms with van der Waals surface area (Å²) in [6.07, 6.45) is 5.64. The highest BCUT2D eigenvalue weighted by atomic mass is 79.9. The first kappa shape index (κ1) is 12.1. The summed E-state index contributed by atoms with van der Waals surface area (Å²) in [7, 11) is 0. The molecule has 0 unspecified atom stereocenters. The third kappa shape index (κ3) is 4.19. The van der Waals surface area contributed by atoms with Gasteiger partial charge >= 0.3 is 0 Å². The summed E-state index contributed by atoms with van der Waals surface area (Å²) in [6.45, 7) is 0.709. The molecular weight excluding hydrogens is 278 g/mol. The van der Waals surface area contributed by atoms with Gasteiger partial charge in [0, 0.05) is 22.9 Å². The van der Waals surface area contributed by atoms with Crippen molar-refractivity contribution in [2.24, 2.45) is 0 Å². The average molecular weight is 291 g/mol. The molecule has 17 heavy (non-hydrogen) atoms. The lowest BCUT2D eigenvalue weighted by atomic mass is 10.1. The van der Waals surface area contributed by atoms with Gasteiger partial charge < -0.3 is 4.74 Å². The second-order valence-electron chi connectivity index (χ2n) is 3.68. The summed E-state index contributed by atoms with van der Waals surface area (Å²) in [4.78, 5) is 3.99. The lowest BCUT2D eigenvalue weighted by Crippen LogP contribution is -1.99. The zero-order valence-corrected chi connectivity index (χ0v) is 11.0. The second kappa shape index (κ2) is 6.40. The zero-order chi connectivity index (χ0) is 11.9. The van der Waals surface area contributed by atoms with Crippen LogP contribution in [0.25, 0.3) is 0 Å². The number of hydrogen-bond acceptors (Lipinski definition) is 2. The third-order valence-corrected chi connectivity index (χ3v) is 2.86. The number of hydrogen-bond donors (Lipinski definition) is 0. The number of pyridine rings is 1. The molecule has 1 aromatic heterocycles. The molecule has 3 heteroatoms. The number of ether oxygens (including phenoxy) is 1. The van der Waals surface area contributed by atoms with Gasteiger partial charge in [-0.1, -0.05) is 15.9 Å². The predicted octanol–water partition coefficient (Wildman–Crippen LogP) is 3.66. The second-order valence-corrected chi connectivity index (χ2v) is 4.59. The molecule has 1 aromatic carbocycles. The van der Waals surface area contributed by atoms with Gasteiger partial charge in [-0.3, -0.25) is 4.98 Å². The monoisotopic (exact) mass is 290 g/mol. The normalized spacial score (nSPS) is 10.2. The van der Waals surface area contributed by atoms with E-state index < -0.39 is 0 Å². The fourth-order valence-electron chi connectivity index (χ4n) is 1.49. The van der Waals surface area contributed by atoms with E-state index in [0.717, 1.165) is 23.1 Å². The predicted molar refractivity (Wildman–Crippen MR) is 71.0 cm³/mol. The topological polar surface area (TPSA) is 22.1 Å². The van der Waals surface area contributed by atoms with Gasteiger partial charge in [-0.2, -0.15) is 0 Å². The lowest BCUT2D eigenvalue weighted by molar-refractivity contribution is 0.310. The standard InChI is InChI=1S/C14H13BrNO/c15-13-3-5-14(6-4-13)17-11-1-2-12-7-9-16-10-8-12/h3-5,7-10H,1-2,11H2. The van der Waals surface area contributed by atoms with Crippen LogP contribution in [0.2, 0.25) is 0 Å². The largest absolute Gasteiger partial charge is 0.493 e. The Bertz CT molecular complexity index is 442. The maximum Gasteiger partial charge on any atom is 0.127 e. The number of aromatic nitrogens is 1. The average Bonchev–Trinajstić information content (AvgIpc) is 2.38. The molecule has 2 rings (SSSR count). The van der Waals surface area contributed by atoms with Crippen molar-refractivity contribution >= 4 is 15.9 Å². The molecule has 0 aliphatic carbocycles. The van der Waals surface area contributed by atoms with Crippen molar-refractivity contribution in [3.63, 3.8) is 0 Å². The highest BCUT2D eigenvalue weighted by Crippen LogP contribution is 2.15. The van der Waals surface area contributed by atoms with Gasteiger partial charge in [0.05, 0.1) is 6.61 Å². The van der Waals surface area contributed by atoms with Crippen molar-refractivity contribution in [2.45, 2.75) is 12.8 Å². The van der Waals surface area contributed by atoms with E-state index in [1.807, 2.05) is 42.7 Å². The van der Waals surface area contributed by atoms with Crippen LogP contribution >= 0.6 is 15.9 Å². The maximum absolute atomic E-state index is 5.59. The fourth-order valence-corrected chi connectivity index (χ4v) is 1.74. The Kier molecular flexibility index (Phi) is 4.56. The summed E-state index contributed by atoms with van der Waals surface area (Å²) >= 11 is 3.37. The van der Waals surface area contributed by atoms with Gasteiger partial charge in [-0.25, -0.2) is 0 Å². The summed E-state index contributed by atoms with van der Waals surface area (Å²) in [5.74, 6) is 0.794. The molecule has 0 aliphatic rings. The molecule has 2 aromatic rings. The Morgan fingerprint density at radius 1 is 1.18 bits per heavy atom. The number of halogens is 1. The van der Waals surface area contributed by atoms with Crippen LogP contribution in [0, 0.1) is 6.07 Å². The zero-order valence-electron chi connectivity index (χ0n) is 9.40. The number of aryl methyl sites for hydroxylation is 1. The minimum absolute atomic E-state index is 0.709. The van der Waals surface area contributed by atoms with Crippen molar-refractivity contribution < 1.29 is 4.74 Å². The van der Waals surface area contributed by atoms with Crippen LogP contribution in [0.4, 0.5) is 0 Å². The van der Waals surface area contributed by atoms with Gasteiger partial charge in [-0.05, 0) is 48.7 Å². The summed E-state index contributed by atoms with van der Waals surface area (Å²) in [6, 6.07) is 12.8. The van der Waals surface area contributed by atoms with Crippen molar-refractivity contribution in [1.29, 1.82) is 0 Å². The summed E-state index contributed by atoms with van der Waals surface area (Å²) < 4.78 is 6.61. The molecule has 0 N–H and O–H groups in total. The van der Waals surface area contributed by atoms with E-state index in [9.17, 15) is 0 Å². The number of rotatable bonds is 5. The van der Waals surface area contributed by atoms with Crippen molar-refractivity contribution in [2.75, 3.05) is 6.61 Å². The van der Waals surface area contributed by atoms with Crippen LogP contribution in [-0.2, 0) is 6.42 Å². The van der Waals surface area contributed by atoms with Gasteiger partial charge in [0.25, 0.3) is 0 Å². The van der Waals surface area contributed by atoms with E-state index in [2.05, 4.69) is 27.0 Å². The molecule has 1 heterocycles. The molecule has 0 saturated heterocycles. The Morgan fingerprint density at radius 2 is 2.00 bits per heavy atom. The third-order valence-electron chi connectivity index (χ3n) is 2.36. The Hall–Kier alpha value is -1.35. The van der Waals surface area contributed by atoms with E-state index in [-0.39, 0.29) is 0 Å². The minimum atomic E-state index is 0.709. The summed E-state index contributed by atoms with van der Waals surface area (Å²) in [5.41, 5.74) is 1.29. The highest BCUT2D eigenvalue weighted by Gasteiger charge is 1.95. The van der Waals surface area contributed by atoms with Crippen molar-refractivity contribution in [3.05, 3.63) is 58.8 Å². The molecule has 0 bridgehead atoms. The molecule has 87 valence electrons. The maximum atomic E-state index is 5.59. The molecule has 1 radical (unpaired) electrons. The van der Waals surface area contributed by atoms with Gasteiger partial charge in [-0.15, -0.1) is 0 Å². The minimum Gasteiger partial charge on any atom is -0.493 e. The first-order valence-electron chi connectivity index (χ1n) is 5.53. The van der Waals surface area contributed by atoms with Crippen LogP contribution in [0.15, 0.2) is 47.2 Å². The van der Waals surface area contributed by atoms with Crippen LogP contribution in [0.3, 0.4) is 0 Å². The quantitative estimate of drug-likeness (QED) is 0.784. The molecule has 0 amide bonds. The van der Waals surface area contributed by atoms with Crippen molar-refractivity contribution in [1.82, 2.24) is 4.98 Å². The molecule has 0 spiro atoms. The molecule has 0 fully saturated rings. The first-order chi connectivity index (χ1) is 8.34. The number of nitrogens with zero attached hydrogens (tertiary/aromatic N) is 1. The van der Waals surface area contributed by atoms with E-state index in [4.69, 9.17) is 4.74 Å². The molecule has 0 atom stereocenters. The molecule has 0 saturated carbocycles.